The molecule has 3 aromatic carbocycles. The van der Waals surface area contributed by atoms with Crippen molar-refractivity contribution in [2.75, 3.05) is 7.11 Å². The molecule has 1 atom stereocenters. The Hall–Kier alpha value is -1.91. The van der Waals surface area contributed by atoms with Gasteiger partial charge >= 0.3 is 0 Å². The fourth-order valence-corrected chi connectivity index (χ4v) is 5.43. The number of fused-ring (bicyclic) bond motifs is 1. The summed E-state index contributed by atoms with van der Waals surface area (Å²) in [6, 6.07) is 12.5. The smallest absolute Gasteiger partial charge is 0.282 e. The third kappa shape index (κ3) is 6.12. The molecule has 0 amide bonds. The van der Waals surface area contributed by atoms with Crippen molar-refractivity contribution in [2.45, 2.75) is 32.8 Å². The lowest BCUT2D eigenvalue weighted by atomic mass is 10.1. The zero-order valence-electron chi connectivity index (χ0n) is 20.6. The van der Waals surface area contributed by atoms with Crippen LogP contribution in [0.3, 0.4) is 0 Å². The molecule has 0 aliphatic carbocycles. The molecule has 198 valence electrons. The molecule has 11 heteroatoms. The van der Waals surface area contributed by atoms with E-state index >= 15 is 0 Å². The molecule has 0 aliphatic heterocycles. The molecule has 0 saturated carbocycles. The van der Waals surface area contributed by atoms with Gasteiger partial charge in [0.2, 0.25) is 0 Å². The SMILES string of the molecule is CC[C@@H](C)c1nc2ccc(Br)cc2c(=O)n1N=Cc1cc(OC)c(OCc2ccc(Cl)cc2Cl)c(Br)c1Br. The van der Waals surface area contributed by atoms with E-state index in [1.54, 1.807) is 37.6 Å². The molecule has 0 unspecified atom stereocenters. The fourth-order valence-electron chi connectivity index (χ4n) is 3.67. The number of aromatic nitrogens is 2. The quantitative estimate of drug-likeness (QED) is 0.169. The van der Waals surface area contributed by atoms with Gasteiger partial charge in [-0.05, 0) is 74.7 Å². The van der Waals surface area contributed by atoms with Crippen LogP contribution in [0.25, 0.3) is 10.9 Å². The number of rotatable bonds is 8. The van der Waals surface area contributed by atoms with Gasteiger partial charge in [-0.1, -0.05) is 59.0 Å². The number of hydrogen-bond acceptors (Lipinski definition) is 5. The Morgan fingerprint density at radius 2 is 1.87 bits per heavy atom. The molecule has 4 aromatic rings. The fraction of sp³-hybridized carbons (Fsp3) is 0.222. The molecule has 0 saturated heterocycles. The highest BCUT2D eigenvalue weighted by molar-refractivity contribution is 9.13. The van der Waals surface area contributed by atoms with Crippen molar-refractivity contribution >= 4 is 88.1 Å². The Balaban J connectivity index is 1.74. The van der Waals surface area contributed by atoms with Crippen molar-refractivity contribution in [2.24, 2.45) is 5.10 Å². The van der Waals surface area contributed by atoms with Crippen LogP contribution in [0.5, 0.6) is 11.5 Å². The Morgan fingerprint density at radius 3 is 2.55 bits per heavy atom. The molecule has 0 fully saturated rings. The average molecular weight is 747 g/mol. The van der Waals surface area contributed by atoms with Crippen LogP contribution in [0.15, 0.2) is 65.8 Å². The first-order chi connectivity index (χ1) is 18.1. The van der Waals surface area contributed by atoms with Crippen molar-refractivity contribution in [1.29, 1.82) is 0 Å². The summed E-state index contributed by atoms with van der Waals surface area (Å²) in [7, 11) is 1.55. The largest absolute Gasteiger partial charge is 0.493 e. The molecule has 6 nitrogen and oxygen atoms in total. The molecule has 0 bridgehead atoms. The summed E-state index contributed by atoms with van der Waals surface area (Å²) in [4.78, 5) is 18.2. The van der Waals surface area contributed by atoms with Crippen LogP contribution < -0.4 is 15.0 Å². The number of benzene rings is 3. The van der Waals surface area contributed by atoms with Gasteiger partial charge in [-0.3, -0.25) is 4.79 Å². The minimum Gasteiger partial charge on any atom is -0.493 e. The van der Waals surface area contributed by atoms with Gasteiger partial charge in [0.25, 0.3) is 5.56 Å². The van der Waals surface area contributed by atoms with E-state index in [0.29, 0.717) is 52.8 Å². The van der Waals surface area contributed by atoms with Crippen LogP contribution in [-0.4, -0.2) is 23.0 Å². The van der Waals surface area contributed by atoms with E-state index in [1.165, 1.54) is 4.68 Å². The number of halogens is 5. The number of ether oxygens (including phenoxy) is 2. The highest BCUT2D eigenvalue weighted by Crippen LogP contribution is 2.43. The Bertz CT molecular complexity index is 1610. The van der Waals surface area contributed by atoms with E-state index in [0.717, 1.165) is 16.5 Å². The van der Waals surface area contributed by atoms with Gasteiger partial charge in [-0.2, -0.15) is 9.78 Å². The summed E-state index contributed by atoms with van der Waals surface area (Å²) >= 11 is 23.0. The highest BCUT2D eigenvalue weighted by Gasteiger charge is 2.19. The van der Waals surface area contributed by atoms with Gasteiger partial charge in [-0.15, -0.1) is 0 Å². The predicted octanol–water partition coefficient (Wildman–Crippen LogP) is 8.97. The lowest BCUT2D eigenvalue weighted by Gasteiger charge is -2.16. The van der Waals surface area contributed by atoms with Crippen LogP contribution in [0.4, 0.5) is 0 Å². The third-order valence-corrected chi connectivity index (χ3v) is 9.18. The van der Waals surface area contributed by atoms with Crippen LogP contribution in [0.2, 0.25) is 10.0 Å². The van der Waals surface area contributed by atoms with E-state index in [-0.39, 0.29) is 18.1 Å². The van der Waals surface area contributed by atoms with Crippen LogP contribution in [-0.2, 0) is 6.61 Å². The maximum atomic E-state index is 13.4. The zero-order chi connectivity index (χ0) is 27.6. The summed E-state index contributed by atoms with van der Waals surface area (Å²) in [6.07, 6.45) is 2.40. The summed E-state index contributed by atoms with van der Waals surface area (Å²) < 4.78 is 15.1. The zero-order valence-corrected chi connectivity index (χ0v) is 26.8. The minimum atomic E-state index is -0.246. The van der Waals surface area contributed by atoms with Gasteiger partial charge in [-0.25, -0.2) is 4.98 Å². The molecular formula is C27H22Br3Cl2N3O3. The van der Waals surface area contributed by atoms with Gasteiger partial charge in [0, 0.05) is 36.0 Å². The molecule has 4 rings (SSSR count). The topological polar surface area (TPSA) is 65.7 Å². The van der Waals surface area contributed by atoms with Crippen molar-refractivity contribution in [3.63, 3.8) is 0 Å². The van der Waals surface area contributed by atoms with E-state index in [2.05, 4.69) is 52.9 Å². The number of methoxy groups -OCH3 is 1. The third-order valence-electron chi connectivity index (χ3n) is 5.96. The first-order valence-electron chi connectivity index (χ1n) is 11.5. The second-order valence-corrected chi connectivity index (χ2v) is 11.8. The molecule has 38 heavy (non-hydrogen) atoms. The summed E-state index contributed by atoms with van der Waals surface area (Å²) in [6.45, 7) is 4.27. The first kappa shape index (κ1) is 29.1. The Morgan fingerprint density at radius 1 is 1.11 bits per heavy atom. The Labute approximate surface area is 255 Å². The summed E-state index contributed by atoms with van der Waals surface area (Å²) in [5, 5.41) is 6.11. The molecule has 0 N–H and O–H groups in total. The molecule has 1 heterocycles. The standard InChI is InChI=1S/C27H22Br3Cl2N3O3/c1-4-14(2)26-34-21-8-6-17(28)10-19(21)27(36)35(26)33-12-16-9-22(37-3)25(24(30)23(16)29)38-13-15-5-7-18(31)11-20(15)32/h5-12,14H,4,13H2,1-3H3/t14-/m1/s1. The lowest BCUT2D eigenvalue weighted by Crippen LogP contribution is -2.23. The average Bonchev–Trinajstić information content (AvgIpc) is 2.90. The van der Waals surface area contributed by atoms with Crippen LogP contribution >= 0.6 is 71.0 Å². The molecule has 0 aliphatic rings. The van der Waals surface area contributed by atoms with Crippen molar-refractivity contribution in [1.82, 2.24) is 9.66 Å². The maximum Gasteiger partial charge on any atom is 0.282 e. The van der Waals surface area contributed by atoms with E-state index in [1.807, 2.05) is 32.0 Å². The second kappa shape index (κ2) is 12.5. The summed E-state index contributed by atoms with van der Waals surface area (Å²) in [5.41, 5.74) is 1.83. The minimum absolute atomic E-state index is 0.0214. The number of nitrogens with zero attached hydrogens (tertiary/aromatic N) is 3. The van der Waals surface area contributed by atoms with Crippen LogP contribution in [0.1, 0.15) is 43.1 Å². The van der Waals surface area contributed by atoms with Crippen LogP contribution in [0, 0.1) is 0 Å². The van der Waals surface area contributed by atoms with Gasteiger partial charge < -0.3 is 9.47 Å². The Kier molecular flexibility index (Phi) is 9.58. The molecule has 0 spiro atoms. The second-order valence-electron chi connectivity index (χ2n) is 8.45. The van der Waals surface area contributed by atoms with E-state index < -0.39 is 0 Å². The molecular weight excluding hydrogens is 725 g/mol. The monoisotopic (exact) mass is 743 g/mol. The normalized spacial score (nSPS) is 12.3. The van der Waals surface area contributed by atoms with Gasteiger partial charge in [0.05, 0.1) is 28.7 Å². The van der Waals surface area contributed by atoms with Crippen molar-refractivity contribution in [3.8, 4) is 11.5 Å². The molecule has 0 radical (unpaired) electrons. The van der Waals surface area contributed by atoms with Crippen molar-refractivity contribution in [3.05, 3.63) is 93.2 Å². The van der Waals surface area contributed by atoms with E-state index in [4.69, 9.17) is 37.7 Å². The van der Waals surface area contributed by atoms with Gasteiger partial charge in [0.1, 0.15) is 12.4 Å². The maximum absolute atomic E-state index is 13.4. The highest BCUT2D eigenvalue weighted by atomic mass is 79.9. The predicted molar refractivity (Wildman–Crippen MR) is 165 cm³/mol. The summed E-state index contributed by atoms with van der Waals surface area (Å²) in [5.74, 6) is 1.57. The van der Waals surface area contributed by atoms with Gasteiger partial charge in [0.15, 0.2) is 11.5 Å². The van der Waals surface area contributed by atoms with E-state index in [9.17, 15) is 4.79 Å². The lowest BCUT2D eigenvalue weighted by molar-refractivity contribution is 0.282. The van der Waals surface area contributed by atoms with Crippen molar-refractivity contribution < 1.29 is 9.47 Å². The first-order valence-corrected chi connectivity index (χ1v) is 14.7. The molecule has 1 aromatic heterocycles. The number of hydrogen-bond donors (Lipinski definition) is 0.